The summed E-state index contributed by atoms with van der Waals surface area (Å²) in [5, 5.41) is 0. The number of sulfonamides is 1. The summed E-state index contributed by atoms with van der Waals surface area (Å²) < 4.78 is 59.4. The fraction of sp³-hybridized carbons (Fsp3) is 0.294. The van der Waals surface area contributed by atoms with E-state index in [1.54, 1.807) is 12.1 Å². The largest absolute Gasteiger partial charge is 0.495 e. The van der Waals surface area contributed by atoms with Crippen LogP contribution in [0.15, 0.2) is 35.2 Å². The summed E-state index contributed by atoms with van der Waals surface area (Å²) in [6, 6.07) is 5.97. The van der Waals surface area contributed by atoms with Crippen molar-refractivity contribution in [3.63, 3.8) is 0 Å². The highest BCUT2D eigenvalue weighted by Crippen LogP contribution is 2.33. The van der Waals surface area contributed by atoms with Crippen molar-refractivity contribution < 1.29 is 21.9 Å². The van der Waals surface area contributed by atoms with Crippen molar-refractivity contribution in [2.75, 3.05) is 11.8 Å². The van der Waals surface area contributed by atoms with Gasteiger partial charge in [-0.3, -0.25) is 4.72 Å². The Morgan fingerprint density at radius 1 is 1.04 bits per heavy atom. The number of benzene rings is 2. The Bertz CT molecular complexity index is 882. The maximum Gasteiger partial charge on any atom is 0.265 e. The molecule has 0 saturated carbocycles. The third kappa shape index (κ3) is 3.21. The van der Waals surface area contributed by atoms with Gasteiger partial charge in [0.2, 0.25) is 0 Å². The van der Waals surface area contributed by atoms with Crippen molar-refractivity contribution in [2.24, 2.45) is 0 Å². The molecule has 7 heteroatoms. The lowest BCUT2D eigenvalue weighted by Crippen LogP contribution is -2.16. The summed E-state index contributed by atoms with van der Waals surface area (Å²) >= 11 is 0. The summed E-state index contributed by atoms with van der Waals surface area (Å²) in [5.74, 6) is -1.54. The van der Waals surface area contributed by atoms with Crippen molar-refractivity contribution in [2.45, 2.75) is 30.6 Å². The molecule has 0 radical (unpaired) electrons. The standard InChI is InChI=1S/C17H17F2NO3S/c1-23-16-8-11-4-2-3-5-12(11)9-17(16)24(21,22)20-15-7-6-13(18)10-14(15)19/h6-10,20H,2-5H2,1H3. The topological polar surface area (TPSA) is 55.4 Å². The first kappa shape index (κ1) is 16.7. The van der Waals surface area contributed by atoms with Gasteiger partial charge in [0.15, 0.2) is 0 Å². The van der Waals surface area contributed by atoms with Crippen LogP contribution in [-0.4, -0.2) is 15.5 Å². The van der Waals surface area contributed by atoms with E-state index in [-0.39, 0.29) is 16.3 Å². The number of halogens is 2. The van der Waals surface area contributed by atoms with Crippen LogP contribution in [0.5, 0.6) is 5.75 Å². The molecule has 0 heterocycles. The number of nitrogens with one attached hydrogen (secondary N) is 1. The second-order valence-corrected chi connectivity index (χ2v) is 7.36. The zero-order valence-corrected chi connectivity index (χ0v) is 13.9. The fourth-order valence-corrected chi connectivity index (χ4v) is 4.15. The Hall–Kier alpha value is -2.15. The molecule has 1 aliphatic rings. The van der Waals surface area contributed by atoms with Crippen LogP contribution in [-0.2, 0) is 22.9 Å². The monoisotopic (exact) mass is 353 g/mol. The second-order valence-electron chi connectivity index (χ2n) is 5.71. The number of hydrogen-bond acceptors (Lipinski definition) is 3. The molecular formula is C17H17F2NO3S. The van der Waals surface area contributed by atoms with Gasteiger partial charge < -0.3 is 4.74 Å². The number of anilines is 1. The zero-order valence-electron chi connectivity index (χ0n) is 13.1. The highest BCUT2D eigenvalue weighted by Gasteiger charge is 2.24. The Kier molecular flexibility index (Phi) is 4.45. The number of hydrogen-bond donors (Lipinski definition) is 1. The number of rotatable bonds is 4. The molecule has 0 unspecified atom stereocenters. The highest BCUT2D eigenvalue weighted by atomic mass is 32.2. The van der Waals surface area contributed by atoms with Crippen LogP contribution in [0, 0.1) is 11.6 Å². The van der Waals surface area contributed by atoms with Gasteiger partial charge in [-0.2, -0.15) is 0 Å². The van der Waals surface area contributed by atoms with E-state index in [4.69, 9.17) is 4.74 Å². The molecule has 0 aliphatic heterocycles. The molecule has 0 aromatic heterocycles. The quantitative estimate of drug-likeness (QED) is 0.913. The van der Waals surface area contributed by atoms with Crippen molar-refractivity contribution in [1.82, 2.24) is 0 Å². The van der Waals surface area contributed by atoms with Gasteiger partial charge in [-0.1, -0.05) is 0 Å². The van der Waals surface area contributed by atoms with Crippen LogP contribution in [0.4, 0.5) is 14.5 Å². The third-order valence-electron chi connectivity index (χ3n) is 4.09. The van der Waals surface area contributed by atoms with Gasteiger partial charge in [0.05, 0.1) is 12.8 Å². The van der Waals surface area contributed by atoms with E-state index in [0.29, 0.717) is 6.07 Å². The Labute approximate surface area is 139 Å². The smallest absolute Gasteiger partial charge is 0.265 e. The number of aryl methyl sites for hydroxylation is 2. The van der Waals surface area contributed by atoms with Gasteiger partial charge in [-0.05, 0) is 61.1 Å². The first-order valence-electron chi connectivity index (χ1n) is 7.58. The predicted octanol–water partition coefficient (Wildman–Crippen LogP) is 3.65. The van der Waals surface area contributed by atoms with E-state index in [9.17, 15) is 17.2 Å². The zero-order chi connectivity index (χ0) is 17.3. The highest BCUT2D eigenvalue weighted by molar-refractivity contribution is 7.92. The lowest BCUT2D eigenvalue weighted by atomic mass is 9.92. The maximum absolute atomic E-state index is 13.8. The van der Waals surface area contributed by atoms with E-state index < -0.39 is 21.7 Å². The maximum atomic E-state index is 13.8. The normalized spacial score (nSPS) is 14.1. The van der Waals surface area contributed by atoms with Crippen LogP contribution in [0.2, 0.25) is 0 Å². The Morgan fingerprint density at radius 2 is 1.71 bits per heavy atom. The van der Waals surface area contributed by atoms with E-state index in [1.807, 2.05) is 0 Å². The summed E-state index contributed by atoms with van der Waals surface area (Å²) in [5.41, 5.74) is 1.73. The molecule has 0 spiro atoms. The van der Waals surface area contributed by atoms with Gasteiger partial charge in [0.25, 0.3) is 10.0 Å². The van der Waals surface area contributed by atoms with Crippen molar-refractivity contribution in [3.05, 3.63) is 53.1 Å². The summed E-state index contributed by atoms with van der Waals surface area (Å²) in [6.45, 7) is 0. The molecule has 0 atom stereocenters. The molecule has 1 aliphatic carbocycles. The van der Waals surface area contributed by atoms with E-state index >= 15 is 0 Å². The van der Waals surface area contributed by atoms with Crippen molar-refractivity contribution in [3.8, 4) is 5.75 Å². The summed E-state index contributed by atoms with van der Waals surface area (Å²) in [6.07, 6.45) is 3.74. The molecule has 2 aromatic carbocycles. The molecule has 3 rings (SSSR count). The van der Waals surface area contributed by atoms with Crippen LogP contribution >= 0.6 is 0 Å². The van der Waals surface area contributed by atoms with E-state index in [1.165, 1.54) is 7.11 Å². The molecule has 24 heavy (non-hydrogen) atoms. The van der Waals surface area contributed by atoms with Gasteiger partial charge in [0, 0.05) is 6.07 Å². The van der Waals surface area contributed by atoms with E-state index in [0.717, 1.165) is 48.9 Å². The molecule has 128 valence electrons. The summed E-state index contributed by atoms with van der Waals surface area (Å²) in [7, 11) is -2.67. The molecule has 0 bridgehead atoms. The molecule has 2 aromatic rings. The van der Waals surface area contributed by atoms with Crippen molar-refractivity contribution >= 4 is 15.7 Å². The van der Waals surface area contributed by atoms with Crippen LogP contribution in [0.3, 0.4) is 0 Å². The molecular weight excluding hydrogens is 336 g/mol. The average molecular weight is 353 g/mol. The first-order chi connectivity index (χ1) is 11.4. The minimum Gasteiger partial charge on any atom is -0.495 e. The fourth-order valence-electron chi connectivity index (χ4n) is 2.88. The first-order valence-corrected chi connectivity index (χ1v) is 9.06. The van der Waals surface area contributed by atoms with Crippen molar-refractivity contribution in [1.29, 1.82) is 0 Å². The molecule has 0 saturated heterocycles. The van der Waals surface area contributed by atoms with Gasteiger partial charge in [-0.15, -0.1) is 0 Å². The Balaban J connectivity index is 2.02. The van der Waals surface area contributed by atoms with Crippen LogP contribution < -0.4 is 9.46 Å². The van der Waals surface area contributed by atoms with Crippen LogP contribution in [0.1, 0.15) is 24.0 Å². The minimum atomic E-state index is -4.06. The lowest BCUT2D eigenvalue weighted by Gasteiger charge is -2.19. The minimum absolute atomic E-state index is 0.0469. The van der Waals surface area contributed by atoms with Crippen LogP contribution in [0.25, 0.3) is 0 Å². The number of fused-ring (bicyclic) bond motifs is 1. The molecule has 0 amide bonds. The number of methoxy groups -OCH3 is 1. The molecule has 0 fully saturated rings. The SMILES string of the molecule is COc1cc2c(cc1S(=O)(=O)Nc1ccc(F)cc1F)CCCC2. The predicted molar refractivity (Wildman–Crippen MR) is 86.8 cm³/mol. The lowest BCUT2D eigenvalue weighted by molar-refractivity contribution is 0.401. The van der Waals surface area contributed by atoms with Gasteiger partial charge >= 0.3 is 0 Å². The third-order valence-corrected chi connectivity index (χ3v) is 5.48. The Morgan fingerprint density at radius 3 is 2.33 bits per heavy atom. The van der Waals surface area contributed by atoms with Gasteiger partial charge in [-0.25, -0.2) is 17.2 Å². The number of ether oxygens (including phenoxy) is 1. The van der Waals surface area contributed by atoms with E-state index in [2.05, 4.69) is 4.72 Å². The molecule has 1 N–H and O–H groups in total. The summed E-state index contributed by atoms with van der Waals surface area (Å²) in [4.78, 5) is -0.0469. The molecule has 4 nitrogen and oxygen atoms in total. The second kappa shape index (κ2) is 6.39. The average Bonchev–Trinajstić information content (AvgIpc) is 2.56. The van der Waals surface area contributed by atoms with Gasteiger partial charge in [0.1, 0.15) is 22.3 Å².